The topological polar surface area (TPSA) is 45.6 Å². The van der Waals surface area contributed by atoms with Crippen LogP contribution in [0, 0.1) is 5.92 Å². The first-order valence-corrected chi connectivity index (χ1v) is 9.36. The number of fused-ring (bicyclic) bond motifs is 1. The number of hydrogen-bond acceptors (Lipinski definition) is 2. The zero-order valence-corrected chi connectivity index (χ0v) is 15.6. The van der Waals surface area contributed by atoms with Gasteiger partial charge >= 0.3 is 0 Å². The summed E-state index contributed by atoms with van der Waals surface area (Å²) in [6.07, 6.45) is 2.34. The Morgan fingerprint density at radius 2 is 1.96 bits per heavy atom. The SMILES string of the molecule is C[C@H]1c2cccn2CCN1C(=O)[C@H]1CC(=O)N(c2ccccc2Br)C1. The number of para-hydroxylation sites is 1. The molecule has 6 heteroatoms. The summed E-state index contributed by atoms with van der Waals surface area (Å²) in [5, 5.41) is 0. The number of amides is 2. The Balaban J connectivity index is 1.53. The number of hydrogen-bond donors (Lipinski definition) is 0. The molecule has 0 saturated carbocycles. The molecule has 0 bridgehead atoms. The van der Waals surface area contributed by atoms with Crippen molar-refractivity contribution in [3.8, 4) is 0 Å². The van der Waals surface area contributed by atoms with Gasteiger partial charge in [-0.1, -0.05) is 12.1 Å². The highest BCUT2D eigenvalue weighted by atomic mass is 79.9. The van der Waals surface area contributed by atoms with E-state index in [1.165, 1.54) is 0 Å². The van der Waals surface area contributed by atoms with Crippen LogP contribution in [-0.2, 0) is 16.1 Å². The summed E-state index contributed by atoms with van der Waals surface area (Å²) in [6.45, 7) is 4.02. The fraction of sp³-hybridized carbons (Fsp3) is 0.368. The van der Waals surface area contributed by atoms with E-state index in [1.54, 1.807) is 4.90 Å². The molecule has 0 unspecified atom stereocenters. The van der Waals surface area contributed by atoms with Crippen LogP contribution in [0.4, 0.5) is 5.69 Å². The van der Waals surface area contributed by atoms with Crippen LogP contribution in [0.25, 0.3) is 0 Å². The number of rotatable bonds is 2. The number of carbonyl (C=O) groups is 2. The highest BCUT2D eigenvalue weighted by molar-refractivity contribution is 9.10. The molecule has 1 aromatic carbocycles. The highest BCUT2D eigenvalue weighted by Crippen LogP contribution is 2.34. The molecule has 130 valence electrons. The summed E-state index contributed by atoms with van der Waals surface area (Å²) >= 11 is 3.50. The fourth-order valence-corrected chi connectivity index (χ4v) is 4.39. The Labute approximate surface area is 155 Å². The van der Waals surface area contributed by atoms with Gasteiger partial charge in [0, 0.05) is 42.4 Å². The van der Waals surface area contributed by atoms with Crippen LogP contribution in [-0.4, -0.2) is 34.4 Å². The molecule has 0 spiro atoms. The summed E-state index contributed by atoms with van der Waals surface area (Å²) < 4.78 is 3.07. The van der Waals surface area contributed by atoms with Crippen molar-refractivity contribution < 1.29 is 9.59 Å². The molecule has 2 amide bonds. The van der Waals surface area contributed by atoms with Crippen molar-refractivity contribution in [3.63, 3.8) is 0 Å². The normalized spacial score (nSPS) is 23.0. The highest BCUT2D eigenvalue weighted by Gasteiger charge is 2.40. The second-order valence-corrected chi connectivity index (χ2v) is 7.55. The third kappa shape index (κ3) is 2.78. The minimum absolute atomic E-state index is 0.0123. The molecule has 4 rings (SSSR count). The number of halogens is 1. The summed E-state index contributed by atoms with van der Waals surface area (Å²) in [5.74, 6) is -0.176. The van der Waals surface area contributed by atoms with Crippen molar-refractivity contribution in [2.24, 2.45) is 5.92 Å². The molecule has 3 heterocycles. The summed E-state index contributed by atoms with van der Waals surface area (Å²) in [5.41, 5.74) is 2.00. The molecule has 1 aromatic heterocycles. The van der Waals surface area contributed by atoms with E-state index in [4.69, 9.17) is 0 Å². The molecule has 2 atom stereocenters. The lowest BCUT2D eigenvalue weighted by Crippen LogP contribution is -2.44. The smallest absolute Gasteiger partial charge is 0.228 e. The number of carbonyl (C=O) groups excluding carboxylic acids is 2. The second-order valence-electron chi connectivity index (χ2n) is 6.69. The van der Waals surface area contributed by atoms with Gasteiger partial charge in [-0.2, -0.15) is 0 Å². The zero-order valence-electron chi connectivity index (χ0n) is 14.1. The number of anilines is 1. The van der Waals surface area contributed by atoms with Gasteiger partial charge < -0.3 is 14.4 Å². The summed E-state index contributed by atoms with van der Waals surface area (Å²) in [4.78, 5) is 29.2. The molecule has 5 nitrogen and oxygen atoms in total. The summed E-state index contributed by atoms with van der Waals surface area (Å²) in [6, 6.07) is 11.8. The van der Waals surface area contributed by atoms with E-state index in [1.807, 2.05) is 35.2 Å². The van der Waals surface area contributed by atoms with E-state index in [0.29, 0.717) is 13.1 Å². The molecule has 2 aliphatic rings. The van der Waals surface area contributed by atoms with Crippen molar-refractivity contribution in [2.45, 2.75) is 25.9 Å². The van der Waals surface area contributed by atoms with E-state index < -0.39 is 0 Å². The zero-order chi connectivity index (χ0) is 17.6. The lowest BCUT2D eigenvalue weighted by Gasteiger charge is -2.36. The molecular weight excluding hydrogens is 382 g/mol. The van der Waals surface area contributed by atoms with Gasteiger partial charge in [0.15, 0.2) is 0 Å². The number of nitrogens with zero attached hydrogens (tertiary/aromatic N) is 3. The van der Waals surface area contributed by atoms with Gasteiger partial charge in [-0.05, 0) is 47.1 Å². The van der Waals surface area contributed by atoms with Crippen LogP contribution in [0.5, 0.6) is 0 Å². The van der Waals surface area contributed by atoms with Gasteiger partial charge in [0.25, 0.3) is 0 Å². The maximum absolute atomic E-state index is 13.1. The van der Waals surface area contributed by atoms with E-state index in [0.717, 1.165) is 22.4 Å². The predicted octanol–water partition coefficient (Wildman–Crippen LogP) is 3.21. The quantitative estimate of drug-likeness (QED) is 0.775. The average Bonchev–Trinajstić information content (AvgIpc) is 3.22. The molecule has 2 aromatic rings. The molecule has 2 aliphatic heterocycles. The van der Waals surface area contributed by atoms with Gasteiger partial charge in [-0.3, -0.25) is 9.59 Å². The maximum Gasteiger partial charge on any atom is 0.228 e. The van der Waals surface area contributed by atoms with Crippen LogP contribution < -0.4 is 4.90 Å². The Bertz CT molecular complexity index is 832. The fourth-order valence-electron chi connectivity index (χ4n) is 3.89. The average molecular weight is 402 g/mol. The van der Waals surface area contributed by atoms with Crippen molar-refractivity contribution in [1.82, 2.24) is 9.47 Å². The molecular formula is C19H20BrN3O2. The largest absolute Gasteiger partial charge is 0.348 e. The number of benzene rings is 1. The third-order valence-electron chi connectivity index (χ3n) is 5.24. The van der Waals surface area contributed by atoms with Crippen LogP contribution >= 0.6 is 15.9 Å². The first kappa shape index (κ1) is 16.4. The maximum atomic E-state index is 13.1. The Kier molecular flexibility index (Phi) is 4.15. The van der Waals surface area contributed by atoms with Crippen molar-refractivity contribution in [2.75, 3.05) is 18.0 Å². The van der Waals surface area contributed by atoms with Gasteiger partial charge in [-0.15, -0.1) is 0 Å². The molecule has 1 saturated heterocycles. The lowest BCUT2D eigenvalue weighted by molar-refractivity contribution is -0.139. The number of aromatic nitrogens is 1. The first-order valence-electron chi connectivity index (χ1n) is 8.56. The van der Waals surface area contributed by atoms with E-state index >= 15 is 0 Å². The summed E-state index contributed by atoms with van der Waals surface area (Å²) in [7, 11) is 0. The van der Waals surface area contributed by atoms with Gasteiger partial charge in [0.2, 0.25) is 11.8 Å². The van der Waals surface area contributed by atoms with E-state index in [2.05, 4.69) is 39.7 Å². The monoisotopic (exact) mass is 401 g/mol. The Morgan fingerprint density at radius 1 is 1.16 bits per heavy atom. The van der Waals surface area contributed by atoms with Gasteiger partial charge in [0.1, 0.15) is 0 Å². The molecule has 0 radical (unpaired) electrons. The van der Waals surface area contributed by atoms with Gasteiger partial charge in [-0.25, -0.2) is 0 Å². The lowest BCUT2D eigenvalue weighted by atomic mass is 10.0. The van der Waals surface area contributed by atoms with E-state index in [-0.39, 0.29) is 30.2 Å². The first-order chi connectivity index (χ1) is 12.1. The molecule has 0 N–H and O–H groups in total. The van der Waals surface area contributed by atoms with Gasteiger partial charge in [0.05, 0.1) is 17.6 Å². The van der Waals surface area contributed by atoms with Crippen LogP contribution in [0.2, 0.25) is 0 Å². The van der Waals surface area contributed by atoms with Crippen LogP contribution in [0.3, 0.4) is 0 Å². The molecule has 25 heavy (non-hydrogen) atoms. The Hall–Kier alpha value is -2.08. The van der Waals surface area contributed by atoms with Crippen molar-refractivity contribution in [3.05, 3.63) is 52.8 Å². The predicted molar refractivity (Wildman–Crippen MR) is 99.2 cm³/mol. The van der Waals surface area contributed by atoms with Crippen LogP contribution in [0.1, 0.15) is 25.1 Å². The minimum atomic E-state index is -0.274. The Morgan fingerprint density at radius 3 is 2.76 bits per heavy atom. The van der Waals surface area contributed by atoms with Crippen molar-refractivity contribution >= 4 is 33.4 Å². The standard InChI is InChI=1S/C19H20BrN3O2/c1-13-16-7-4-8-21(16)9-10-22(13)19(25)14-11-18(24)23(12-14)17-6-3-2-5-15(17)20/h2-8,13-14H,9-12H2,1H3/t13-,14-/m0/s1. The van der Waals surface area contributed by atoms with E-state index in [9.17, 15) is 9.59 Å². The van der Waals surface area contributed by atoms with Crippen LogP contribution in [0.15, 0.2) is 47.1 Å². The minimum Gasteiger partial charge on any atom is -0.348 e. The molecule has 0 aliphatic carbocycles. The second kappa shape index (κ2) is 6.33. The molecule has 1 fully saturated rings. The van der Waals surface area contributed by atoms with Crippen molar-refractivity contribution in [1.29, 1.82) is 0 Å². The third-order valence-corrected chi connectivity index (χ3v) is 5.91.